The lowest BCUT2D eigenvalue weighted by Gasteiger charge is -2.20. The zero-order chi connectivity index (χ0) is 16.5. The number of carbonyl (C=O) groups is 1. The topological polar surface area (TPSA) is 39.2 Å². The van der Waals surface area contributed by atoms with E-state index in [0.29, 0.717) is 17.5 Å². The van der Waals surface area contributed by atoms with Gasteiger partial charge in [-0.15, -0.1) is 0 Å². The third-order valence-electron chi connectivity index (χ3n) is 5.88. The van der Waals surface area contributed by atoms with Crippen LogP contribution < -0.4 is 0 Å². The fourth-order valence-electron chi connectivity index (χ4n) is 4.69. The van der Waals surface area contributed by atoms with Crippen LogP contribution in [0, 0.1) is 0 Å². The Morgan fingerprint density at radius 1 is 1.00 bits per heavy atom. The maximum Gasteiger partial charge on any atom is 0.356 e. The summed E-state index contributed by atoms with van der Waals surface area (Å²) in [7, 11) is 1.43. The van der Waals surface area contributed by atoms with Gasteiger partial charge in [0.15, 0.2) is 0 Å². The summed E-state index contributed by atoms with van der Waals surface area (Å²) in [5, 5.41) is 1.32. The lowest BCUT2D eigenvalue weighted by Crippen LogP contribution is -2.09. The number of methoxy groups -OCH3 is 1. The molecule has 0 aliphatic heterocycles. The number of benzene rings is 1. The van der Waals surface area contributed by atoms with Crippen LogP contribution in [0.15, 0.2) is 24.3 Å². The minimum absolute atomic E-state index is 0.331. The van der Waals surface area contributed by atoms with Crippen molar-refractivity contribution in [2.75, 3.05) is 7.11 Å². The molecule has 1 aromatic carbocycles. The molecule has 2 aliphatic rings. The number of ether oxygens (including phenoxy) is 1. The molecule has 0 unspecified atom stereocenters. The van der Waals surface area contributed by atoms with Crippen LogP contribution in [0.25, 0.3) is 10.9 Å². The average Bonchev–Trinajstić information content (AvgIpc) is 3.32. The number of carbonyl (C=O) groups excluding carboxylic acids is 1. The highest BCUT2D eigenvalue weighted by Crippen LogP contribution is 2.43. The van der Waals surface area contributed by atoms with Crippen LogP contribution in [0.1, 0.15) is 84.8 Å². The summed E-state index contributed by atoms with van der Waals surface area (Å²) in [5.41, 5.74) is 4.20. The van der Waals surface area contributed by atoms with Crippen LogP contribution in [0.4, 0.5) is 0 Å². The maximum absolute atomic E-state index is 12.1. The Hall–Kier alpha value is -1.90. The van der Waals surface area contributed by atoms with Crippen LogP contribution in [-0.4, -0.2) is 18.1 Å². The van der Waals surface area contributed by atoms with Gasteiger partial charge >= 0.3 is 5.97 Å². The standard InChI is InChI=1S/C21H25NO2/c1-24-21(23)19-13-17(15-9-4-5-10-15)20-16(14-7-2-3-8-14)11-6-12-18(20)22-19/h6,11-15H,2-5,7-10H2,1H3. The predicted octanol–water partition coefficient (Wildman–Crippen LogP) is 5.34. The summed E-state index contributed by atoms with van der Waals surface area (Å²) >= 11 is 0. The molecule has 1 heterocycles. The van der Waals surface area contributed by atoms with Crippen molar-refractivity contribution in [2.45, 2.75) is 63.2 Å². The van der Waals surface area contributed by atoms with E-state index in [2.05, 4.69) is 23.2 Å². The molecule has 0 atom stereocenters. The van der Waals surface area contributed by atoms with Gasteiger partial charge in [0, 0.05) is 5.39 Å². The van der Waals surface area contributed by atoms with Gasteiger partial charge < -0.3 is 4.74 Å². The number of hydrogen-bond acceptors (Lipinski definition) is 3. The van der Waals surface area contributed by atoms with E-state index in [9.17, 15) is 4.79 Å². The predicted molar refractivity (Wildman–Crippen MR) is 95.5 cm³/mol. The maximum atomic E-state index is 12.1. The zero-order valence-electron chi connectivity index (χ0n) is 14.4. The summed E-state index contributed by atoms with van der Waals surface area (Å²) in [6.45, 7) is 0. The Labute approximate surface area is 143 Å². The minimum atomic E-state index is -0.331. The van der Waals surface area contributed by atoms with Gasteiger partial charge in [-0.1, -0.05) is 37.8 Å². The van der Waals surface area contributed by atoms with Crippen LogP contribution in [0.2, 0.25) is 0 Å². The lowest BCUT2D eigenvalue weighted by molar-refractivity contribution is 0.0594. The molecule has 126 valence electrons. The summed E-state index contributed by atoms with van der Waals surface area (Å²) in [6.07, 6.45) is 10.2. The number of pyridine rings is 1. The molecule has 3 heteroatoms. The molecule has 0 radical (unpaired) electrons. The first-order chi connectivity index (χ1) is 11.8. The summed E-state index contributed by atoms with van der Waals surface area (Å²) in [4.78, 5) is 16.7. The third kappa shape index (κ3) is 2.70. The second-order valence-electron chi connectivity index (χ2n) is 7.29. The van der Waals surface area contributed by atoms with Crippen LogP contribution in [-0.2, 0) is 4.74 Å². The number of fused-ring (bicyclic) bond motifs is 1. The monoisotopic (exact) mass is 323 g/mol. The van der Waals surface area contributed by atoms with Crippen molar-refractivity contribution < 1.29 is 9.53 Å². The van der Waals surface area contributed by atoms with Crippen molar-refractivity contribution in [1.82, 2.24) is 4.98 Å². The zero-order valence-corrected chi connectivity index (χ0v) is 14.4. The van der Waals surface area contributed by atoms with Gasteiger partial charge in [-0.3, -0.25) is 0 Å². The molecule has 2 fully saturated rings. The Kier molecular flexibility index (Phi) is 4.26. The van der Waals surface area contributed by atoms with Gasteiger partial charge in [0.25, 0.3) is 0 Å². The molecular weight excluding hydrogens is 298 g/mol. The van der Waals surface area contributed by atoms with E-state index in [1.54, 1.807) is 0 Å². The SMILES string of the molecule is COC(=O)c1cc(C2CCCC2)c2c(C3CCCC3)cccc2n1. The fraction of sp³-hybridized carbons (Fsp3) is 0.524. The first-order valence-corrected chi connectivity index (χ1v) is 9.30. The lowest BCUT2D eigenvalue weighted by atomic mass is 9.86. The van der Waals surface area contributed by atoms with E-state index < -0.39 is 0 Å². The van der Waals surface area contributed by atoms with E-state index in [1.807, 2.05) is 6.07 Å². The van der Waals surface area contributed by atoms with E-state index in [1.165, 1.54) is 75.0 Å². The second kappa shape index (κ2) is 6.54. The molecule has 0 spiro atoms. The van der Waals surface area contributed by atoms with Gasteiger partial charge in [0.2, 0.25) is 0 Å². The average molecular weight is 323 g/mol. The van der Waals surface area contributed by atoms with Crippen LogP contribution in [0.5, 0.6) is 0 Å². The Bertz CT molecular complexity index is 756. The molecule has 1 aromatic heterocycles. The van der Waals surface area contributed by atoms with Crippen LogP contribution in [0.3, 0.4) is 0 Å². The number of nitrogens with zero attached hydrogens (tertiary/aromatic N) is 1. The van der Waals surface area contributed by atoms with E-state index in [0.717, 1.165) is 5.52 Å². The van der Waals surface area contributed by atoms with Crippen LogP contribution >= 0.6 is 0 Å². The van der Waals surface area contributed by atoms with Gasteiger partial charge in [-0.05, 0) is 60.8 Å². The molecule has 0 N–H and O–H groups in total. The summed E-state index contributed by atoms with van der Waals surface area (Å²) in [6, 6.07) is 8.46. The van der Waals surface area contributed by atoms with Gasteiger partial charge in [-0.2, -0.15) is 0 Å². The van der Waals surface area contributed by atoms with E-state index >= 15 is 0 Å². The molecular formula is C21H25NO2. The Balaban J connectivity index is 1.93. The smallest absolute Gasteiger partial charge is 0.356 e. The molecule has 0 saturated heterocycles. The number of esters is 1. The normalized spacial score (nSPS) is 19.2. The molecule has 4 rings (SSSR count). The van der Waals surface area contributed by atoms with Gasteiger partial charge in [-0.25, -0.2) is 9.78 Å². The van der Waals surface area contributed by atoms with Gasteiger partial charge in [0.1, 0.15) is 5.69 Å². The van der Waals surface area contributed by atoms with Crippen molar-refractivity contribution in [1.29, 1.82) is 0 Å². The van der Waals surface area contributed by atoms with Crippen molar-refractivity contribution in [2.24, 2.45) is 0 Å². The molecule has 2 aromatic rings. The quantitative estimate of drug-likeness (QED) is 0.716. The first kappa shape index (κ1) is 15.6. The van der Waals surface area contributed by atoms with Crippen molar-refractivity contribution in [3.63, 3.8) is 0 Å². The molecule has 3 nitrogen and oxygen atoms in total. The molecule has 2 saturated carbocycles. The van der Waals surface area contributed by atoms with Crippen molar-refractivity contribution >= 4 is 16.9 Å². The number of aromatic nitrogens is 1. The Morgan fingerprint density at radius 3 is 2.25 bits per heavy atom. The third-order valence-corrected chi connectivity index (χ3v) is 5.88. The van der Waals surface area contributed by atoms with Crippen molar-refractivity contribution in [3.8, 4) is 0 Å². The highest BCUT2D eigenvalue weighted by atomic mass is 16.5. The Morgan fingerprint density at radius 2 is 1.62 bits per heavy atom. The largest absolute Gasteiger partial charge is 0.464 e. The second-order valence-corrected chi connectivity index (χ2v) is 7.29. The first-order valence-electron chi connectivity index (χ1n) is 9.30. The van der Waals surface area contributed by atoms with Crippen molar-refractivity contribution in [3.05, 3.63) is 41.1 Å². The number of hydrogen-bond donors (Lipinski definition) is 0. The fourth-order valence-corrected chi connectivity index (χ4v) is 4.69. The molecule has 2 aliphatic carbocycles. The summed E-state index contributed by atoms with van der Waals surface area (Å²) in [5.74, 6) is 0.878. The minimum Gasteiger partial charge on any atom is -0.464 e. The molecule has 0 bridgehead atoms. The number of rotatable bonds is 3. The highest BCUT2D eigenvalue weighted by molar-refractivity contribution is 5.94. The highest BCUT2D eigenvalue weighted by Gasteiger charge is 2.26. The summed E-state index contributed by atoms with van der Waals surface area (Å²) < 4.78 is 4.93. The van der Waals surface area contributed by atoms with E-state index in [-0.39, 0.29) is 5.97 Å². The van der Waals surface area contributed by atoms with E-state index in [4.69, 9.17) is 4.74 Å². The molecule has 24 heavy (non-hydrogen) atoms. The molecule has 0 amide bonds. The van der Waals surface area contributed by atoms with Gasteiger partial charge in [0.05, 0.1) is 12.6 Å².